The molecule has 3 aromatic heterocycles. The first-order valence-electron chi connectivity index (χ1n) is 8.06. The van der Waals surface area contributed by atoms with Gasteiger partial charge in [-0.15, -0.1) is 0 Å². The maximum absolute atomic E-state index is 12.6. The number of oxazole rings is 1. The molecule has 0 saturated heterocycles. The Bertz CT molecular complexity index is 1140. The molecule has 140 valence electrons. The van der Waals surface area contributed by atoms with Gasteiger partial charge in [-0.2, -0.15) is 13.2 Å². The van der Waals surface area contributed by atoms with Gasteiger partial charge in [-0.05, 0) is 42.5 Å². The third-order valence-corrected chi connectivity index (χ3v) is 3.87. The number of hydrogen-bond donors (Lipinski definition) is 1. The van der Waals surface area contributed by atoms with E-state index >= 15 is 0 Å². The number of rotatable bonds is 3. The molecule has 1 N–H and O–H groups in total. The van der Waals surface area contributed by atoms with E-state index in [0.717, 1.165) is 18.3 Å². The number of carbonyl (C=O) groups excluding carboxylic acids is 1. The van der Waals surface area contributed by atoms with Crippen molar-refractivity contribution in [2.24, 2.45) is 0 Å². The number of amides is 1. The number of carbonyl (C=O) groups is 1. The number of aromatic nitrogens is 3. The van der Waals surface area contributed by atoms with E-state index in [9.17, 15) is 18.0 Å². The van der Waals surface area contributed by atoms with Crippen molar-refractivity contribution in [2.75, 3.05) is 5.32 Å². The Balaban J connectivity index is 1.55. The summed E-state index contributed by atoms with van der Waals surface area (Å²) in [6.45, 7) is 0. The van der Waals surface area contributed by atoms with E-state index in [2.05, 4.69) is 20.3 Å². The highest BCUT2D eigenvalue weighted by Gasteiger charge is 2.32. The fraction of sp³-hybridized carbons (Fsp3) is 0.0526. The Morgan fingerprint density at radius 3 is 2.61 bits per heavy atom. The van der Waals surface area contributed by atoms with Crippen LogP contribution in [0.25, 0.3) is 22.6 Å². The predicted octanol–water partition coefficient (Wildman–Crippen LogP) is 4.56. The van der Waals surface area contributed by atoms with Gasteiger partial charge in [-0.3, -0.25) is 14.8 Å². The average Bonchev–Trinajstić information content (AvgIpc) is 3.11. The fourth-order valence-electron chi connectivity index (χ4n) is 2.52. The van der Waals surface area contributed by atoms with Crippen LogP contribution in [0.2, 0.25) is 0 Å². The van der Waals surface area contributed by atoms with Crippen molar-refractivity contribution < 1.29 is 22.4 Å². The maximum Gasteiger partial charge on any atom is 0.433 e. The summed E-state index contributed by atoms with van der Waals surface area (Å²) in [7, 11) is 0. The topological polar surface area (TPSA) is 80.9 Å². The van der Waals surface area contributed by atoms with Crippen molar-refractivity contribution in [2.45, 2.75) is 6.18 Å². The summed E-state index contributed by atoms with van der Waals surface area (Å²) in [5, 5.41) is 2.60. The van der Waals surface area contributed by atoms with Crippen LogP contribution in [0.4, 0.5) is 18.9 Å². The molecular weight excluding hydrogens is 373 g/mol. The first-order chi connectivity index (χ1) is 13.4. The Labute approximate surface area is 156 Å². The van der Waals surface area contributed by atoms with E-state index in [1.54, 1.807) is 42.7 Å². The second-order valence-electron chi connectivity index (χ2n) is 5.83. The summed E-state index contributed by atoms with van der Waals surface area (Å²) in [5.74, 6) is -0.199. The molecule has 0 fully saturated rings. The Morgan fingerprint density at radius 1 is 1.07 bits per heavy atom. The zero-order valence-corrected chi connectivity index (χ0v) is 14.1. The van der Waals surface area contributed by atoms with Crippen LogP contribution in [-0.4, -0.2) is 20.9 Å². The number of nitrogens with one attached hydrogen (secondary N) is 1. The van der Waals surface area contributed by atoms with Crippen molar-refractivity contribution in [1.29, 1.82) is 0 Å². The lowest BCUT2D eigenvalue weighted by molar-refractivity contribution is -0.141. The van der Waals surface area contributed by atoms with Gasteiger partial charge in [0, 0.05) is 24.3 Å². The smallest absolute Gasteiger partial charge is 0.433 e. The molecule has 0 aliphatic rings. The van der Waals surface area contributed by atoms with Crippen LogP contribution in [0.1, 0.15) is 16.1 Å². The molecular formula is C19H11F3N4O2. The van der Waals surface area contributed by atoms with Gasteiger partial charge in [0.05, 0.1) is 11.1 Å². The van der Waals surface area contributed by atoms with E-state index in [1.165, 1.54) is 0 Å². The number of fused-ring (bicyclic) bond motifs is 1. The summed E-state index contributed by atoms with van der Waals surface area (Å²) < 4.78 is 43.3. The Morgan fingerprint density at radius 2 is 1.93 bits per heavy atom. The number of nitrogens with zero attached hydrogens (tertiary/aromatic N) is 3. The van der Waals surface area contributed by atoms with Crippen LogP contribution in [0.3, 0.4) is 0 Å². The van der Waals surface area contributed by atoms with Gasteiger partial charge in [0.25, 0.3) is 5.91 Å². The molecule has 0 unspecified atom stereocenters. The third-order valence-electron chi connectivity index (χ3n) is 3.87. The minimum Gasteiger partial charge on any atom is -0.436 e. The number of alkyl halides is 3. The highest BCUT2D eigenvalue weighted by atomic mass is 19.4. The molecule has 1 amide bonds. The molecule has 9 heteroatoms. The van der Waals surface area contributed by atoms with Crippen molar-refractivity contribution in [3.63, 3.8) is 0 Å². The van der Waals surface area contributed by atoms with Crippen LogP contribution < -0.4 is 5.32 Å². The van der Waals surface area contributed by atoms with E-state index < -0.39 is 17.8 Å². The molecule has 1 aromatic carbocycles. The monoisotopic (exact) mass is 384 g/mol. The number of hydrogen-bond acceptors (Lipinski definition) is 5. The molecule has 0 aliphatic heterocycles. The zero-order valence-electron chi connectivity index (χ0n) is 14.1. The first-order valence-corrected chi connectivity index (χ1v) is 8.06. The molecule has 0 spiro atoms. The first kappa shape index (κ1) is 17.7. The molecule has 28 heavy (non-hydrogen) atoms. The maximum atomic E-state index is 12.6. The largest absolute Gasteiger partial charge is 0.436 e. The number of anilines is 1. The van der Waals surface area contributed by atoms with Gasteiger partial charge in [0.2, 0.25) is 5.89 Å². The molecule has 6 nitrogen and oxygen atoms in total. The van der Waals surface area contributed by atoms with Crippen LogP contribution in [0.5, 0.6) is 0 Å². The molecule has 0 bridgehead atoms. The average molecular weight is 384 g/mol. The van der Waals surface area contributed by atoms with Gasteiger partial charge >= 0.3 is 6.18 Å². The molecule has 4 rings (SSSR count). The third kappa shape index (κ3) is 3.54. The zero-order chi connectivity index (χ0) is 19.7. The van der Waals surface area contributed by atoms with Crippen LogP contribution in [-0.2, 0) is 6.18 Å². The second-order valence-corrected chi connectivity index (χ2v) is 5.83. The summed E-state index contributed by atoms with van der Waals surface area (Å²) in [5.41, 5.74) is 1.11. The van der Waals surface area contributed by atoms with Gasteiger partial charge in [0.15, 0.2) is 5.58 Å². The van der Waals surface area contributed by atoms with E-state index in [4.69, 9.17) is 4.42 Å². The summed E-state index contributed by atoms with van der Waals surface area (Å²) >= 11 is 0. The quantitative estimate of drug-likeness (QED) is 0.560. The number of halogens is 3. The normalized spacial score (nSPS) is 11.5. The lowest BCUT2D eigenvalue weighted by Crippen LogP contribution is -2.14. The summed E-state index contributed by atoms with van der Waals surface area (Å²) in [6, 6.07) is 10.2. The Kier molecular flexibility index (Phi) is 4.26. The van der Waals surface area contributed by atoms with Gasteiger partial charge in [-0.1, -0.05) is 0 Å². The molecule has 4 aromatic rings. The SMILES string of the molecule is O=C(Nc1ccc2oc(-c3cccnc3)nc2c1)c1ccc(C(F)(F)F)nc1. The molecule has 0 aliphatic carbocycles. The van der Waals surface area contributed by atoms with Gasteiger partial charge < -0.3 is 9.73 Å². The predicted molar refractivity (Wildman–Crippen MR) is 94.4 cm³/mol. The van der Waals surface area contributed by atoms with Crippen LogP contribution in [0, 0.1) is 0 Å². The summed E-state index contributed by atoms with van der Waals surface area (Å²) in [4.78, 5) is 23.9. The molecule has 0 atom stereocenters. The summed E-state index contributed by atoms with van der Waals surface area (Å²) in [6.07, 6.45) is -0.423. The van der Waals surface area contributed by atoms with Crippen molar-refractivity contribution >= 4 is 22.7 Å². The van der Waals surface area contributed by atoms with Crippen molar-refractivity contribution in [3.8, 4) is 11.5 Å². The minimum absolute atomic E-state index is 0.00398. The van der Waals surface area contributed by atoms with Gasteiger partial charge in [0.1, 0.15) is 11.2 Å². The van der Waals surface area contributed by atoms with Crippen LogP contribution >= 0.6 is 0 Å². The van der Waals surface area contributed by atoms with Crippen LogP contribution in [0.15, 0.2) is 65.5 Å². The molecule has 0 saturated carbocycles. The lowest BCUT2D eigenvalue weighted by Gasteiger charge is -2.07. The van der Waals surface area contributed by atoms with Crippen molar-refractivity contribution in [1.82, 2.24) is 15.0 Å². The molecule has 0 radical (unpaired) electrons. The molecule has 3 heterocycles. The van der Waals surface area contributed by atoms with E-state index in [-0.39, 0.29) is 5.56 Å². The second kappa shape index (κ2) is 6.76. The fourth-order valence-corrected chi connectivity index (χ4v) is 2.52. The van der Waals surface area contributed by atoms with Gasteiger partial charge in [-0.25, -0.2) is 4.98 Å². The Hall–Kier alpha value is -3.75. The van der Waals surface area contributed by atoms with E-state index in [0.29, 0.717) is 28.2 Å². The van der Waals surface area contributed by atoms with Crippen molar-refractivity contribution in [3.05, 3.63) is 72.3 Å². The lowest BCUT2D eigenvalue weighted by atomic mass is 10.2. The number of pyridine rings is 2. The highest BCUT2D eigenvalue weighted by Crippen LogP contribution is 2.28. The van der Waals surface area contributed by atoms with E-state index in [1.807, 2.05) is 0 Å². The standard InChI is InChI=1S/C19H11F3N4O2/c20-19(21,22)16-6-3-11(10-24-16)17(27)25-13-4-5-15-14(8-13)26-18(28-15)12-2-1-7-23-9-12/h1-10H,(H,25,27). The minimum atomic E-state index is -4.56. The number of benzene rings is 1. The highest BCUT2D eigenvalue weighted by molar-refractivity contribution is 6.04.